The van der Waals surface area contributed by atoms with Crippen molar-refractivity contribution in [2.45, 2.75) is 13.1 Å². The third-order valence-electron chi connectivity index (χ3n) is 5.34. The highest BCUT2D eigenvalue weighted by atomic mass is 19.4. The van der Waals surface area contributed by atoms with E-state index in [1.807, 2.05) is 31.2 Å². The van der Waals surface area contributed by atoms with E-state index >= 15 is 0 Å². The molecule has 0 aliphatic rings. The van der Waals surface area contributed by atoms with Gasteiger partial charge in [0.25, 0.3) is 5.91 Å². The van der Waals surface area contributed by atoms with Gasteiger partial charge in [0, 0.05) is 23.5 Å². The fourth-order valence-corrected chi connectivity index (χ4v) is 3.46. The highest BCUT2D eigenvalue weighted by molar-refractivity contribution is 6.04. The van der Waals surface area contributed by atoms with Gasteiger partial charge in [-0.25, -0.2) is 9.67 Å². The van der Waals surface area contributed by atoms with Crippen LogP contribution in [0.4, 0.5) is 18.9 Å². The molecular formula is C29H24F3N5O2. The van der Waals surface area contributed by atoms with Gasteiger partial charge in [-0.05, 0) is 61.0 Å². The number of nitrogens with zero attached hydrogens (tertiary/aromatic N) is 4. The second kappa shape index (κ2) is 12.0. The van der Waals surface area contributed by atoms with Crippen LogP contribution in [-0.2, 0) is 6.18 Å². The molecule has 39 heavy (non-hydrogen) atoms. The predicted molar refractivity (Wildman–Crippen MR) is 143 cm³/mol. The Bertz CT molecular complexity index is 1510. The molecule has 3 aromatic heterocycles. The summed E-state index contributed by atoms with van der Waals surface area (Å²) < 4.78 is 47.6. The van der Waals surface area contributed by atoms with Crippen molar-refractivity contribution in [1.82, 2.24) is 19.7 Å². The summed E-state index contributed by atoms with van der Waals surface area (Å²) in [4.78, 5) is 20.8. The number of aromatic nitrogens is 4. The monoisotopic (exact) mass is 531 g/mol. The van der Waals surface area contributed by atoms with Crippen molar-refractivity contribution < 1.29 is 22.7 Å². The fourth-order valence-electron chi connectivity index (χ4n) is 3.46. The van der Waals surface area contributed by atoms with Crippen molar-refractivity contribution >= 4 is 11.6 Å². The first-order valence-corrected chi connectivity index (χ1v) is 11.8. The Morgan fingerprint density at radius 2 is 1.95 bits per heavy atom. The second-order valence-electron chi connectivity index (χ2n) is 8.28. The predicted octanol–water partition coefficient (Wildman–Crippen LogP) is 6.67. The van der Waals surface area contributed by atoms with E-state index in [0.717, 1.165) is 16.3 Å². The van der Waals surface area contributed by atoms with E-state index < -0.39 is 17.8 Å². The molecule has 0 aliphatic carbocycles. The lowest BCUT2D eigenvalue weighted by molar-refractivity contribution is -0.142. The van der Waals surface area contributed by atoms with Gasteiger partial charge in [0.05, 0.1) is 17.6 Å². The van der Waals surface area contributed by atoms with Gasteiger partial charge < -0.3 is 10.1 Å². The summed E-state index contributed by atoms with van der Waals surface area (Å²) in [6, 6.07) is 13.6. The van der Waals surface area contributed by atoms with Gasteiger partial charge in [0.2, 0.25) is 0 Å². The number of pyridine rings is 2. The molecule has 0 saturated heterocycles. The minimum atomic E-state index is -4.66. The summed E-state index contributed by atoms with van der Waals surface area (Å²) in [7, 11) is 0. The third-order valence-corrected chi connectivity index (χ3v) is 5.34. The van der Waals surface area contributed by atoms with Crippen LogP contribution in [0, 0.1) is 0 Å². The normalized spacial score (nSPS) is 11.7. The summed E-state index contributed by atoms with van der Waals surface area (Å²) in [6.45, 7) is 6.08. The molecule has 198 valence electrons. The lowest BCUT2D eigenvalue weighted by Crippen LogP contribution is -2.15. The van der Waals surface area contributed by atoms with Gasteiger partial charge in [-0.1, -0.05) is 36.9 Å². The van der Waals surface area contributed by atoms with Gasteiger partial charge in [-0.15, -0.1) is 0 Å². The van der Waals surface area contributed by atoms with Crippen LogP contribution in [0.25, 0.3) is 17.1 Å². The van der Waals surface area contributed by atoms with E-state index in [0.29, 0.717) is 22.6 Å². The number of nitrogens with one attached hydrogen (secondary N) is 1. The molecule has 0 saturated carbocycles. The maximum Gasteiger partial charge on any atom is 0.433 e. The summed E-state index contributed by atoms with van der Waals surface area (Å²) in [5.41, 5.74) is 0.945. The number of alkyl halides is 3. The number of carbonyl (C=O) groups is 1. The van der Waals surface area contributed by atoms with Gasteiger partial charge >= 0.3 is 6.18 Å². The number of benzene rings is 1. The van der Waals surface area contributed by atoms with E-state index in [9.17, 15) is 18.0 Å². The minimum Gasteiger partial charge on any atom is -0.489 e. The first-order chi connectivity index (χ1) is 18.7. The molecule has 1 amide bonds. The van der Waals surface area contributed by atoms with Crippen molar-refractivity contribution in [3.8, 4) is 22.8 Å². The molecule has 0 unspecified atom stereocenters. The molecule has 0 spiro atoms. The molecular weight excluding hydrogens is 507 g/mol. The van der Waals surface area contributed by atoms with Crippen LogP contribution in [0.3, 0.4) is 0 Å². The zero-order valence-electron chi connectivity index (χ0n) is 20.9. The van der Waals surface area contributed by atoms with Crippen LogP contribution >= 0.6 is 0 Å². The second-order valence-corrected chi connectivity index (χ2v) is 8.28. The van der Waals surface area contributed by atoms with Gasteiger partial charge in [0.1, 0.15) is 12.4 Å². The van der Waals surface area contributed by atoms with Crippen LogP contribution < -0.4 is 10.1 Å². The van der Waals surface area contributed by atoms with Crippen molar-refractivity contribution in [2.75, 3.05) is 11.9 Å². The Labute approximate surface area is 223 Å². The first kappa shape index (κ1) is 27.1. The number of anilines is 1. The Balaban J connectivity index is 1.47. The fraction of sp³-hybridized carbons (Fsp3) is 0.103. The lowest BCUT2D eigenvalue weighted by Gasteiger charge is -2.11. The van der Waals surface area contributed by atoms with Crippen LogP contribution in [0.1, 0.15) is 23.0 Å². The third kappa shape index (κ3) is 7.07. The van der Waals surface area contributed by atoms with Crippen molar-refractivity contribution in [3.63, 3.8) is 0 Å². The molecule has 0 radical (unpaired) electrons. The molecule has 1 N–H and O–H groups in total. The van der Waals surface area contributed by atoms with E-state index in [-0.39, 0.29) is 18.1 Å². The summed E-state index contributed by atoms with van der Waals surface area (Å²) in [5, 5.41) is 6.78. The van der Waals surface area contributed by atoms with Gasteiger partial charge in [0.15, 0.2) is 11.5 Å². The van der Waals surface area contributed by atoms with Crippen molar-refractivity contribution in [3.05, 3.63) is 121 Å². The molecule has 7 nitrogen and oxygen atoms in total. The number of hydrogen-bond donors (Lipinski definition) is 1. The molecule has 4 rings (SSSR count). The number of hydrogen-bond acceptors (Lipinski definition) is 5. The average molecular weight is 532 g/mol. The molecule has 1 aromatic carbocycles. The highest BCUT2D eigenvalue weighted by Gasteiger charge is 2.36. The lowest BCUT2D eigenvalue weighted by atomic mass is 10.2. The summed E-state index contributed by atoms with van der Waals surface area (Å²) in [6.07, 6.45) is 7.00. The largest absolute Gasteiger partial charge is 0.489 e. The number of carbonyl (C=O) groups excluding carboxylic acids is 1. The Kier molecular flexibility index (Phi) is 8.35. The Morgan fingerprint density at radius 3 is 2.64 bits per heavy atom. The molecule has 10 heteroatoms. The molecule has 4 aromatic rings. The minimum absolute atomic E-state index is 0.0606. The first-order valence-electron chi connectivity index (χ1n) is 11.8. The van der Waals surface area contributed by atoms with Crippen LogP contribution in [0.15, 0.2) is 110 Å². The quantitative estimate of drug-likeness (QED) is 0.244. The van der Waals surface area contributed by atoms with E-state index in [1.54, 1.807) is 36.4 Å². The average Bonchev–Trinajstić information content (AvgIpc) is 3.40. The van der Waals surface area contributed by atoms with Crippen LogP contribution in [0.5, 0.6) is 5.75 Å². The molecule has 3 heterocycles. The van der Waals surface area contributed by atoms with Crippen molar-refractivity contribution in [2.24, 2.45) is 0 Å². The summed E-state index contributed by atoms with van der Waals surface area (Å²) >= 11 is 0. The van der Waals surface area contributed by atoms with E-state index in [4.69, 9.17) is 4.74 Å². The number of ether oxygens (including phenoxy) is 1. The SMILES string of the molecule is C=C(/C=C\C=C/C)COc1cccc(C(=O)Nc2ccc(-n3nc(-c4cccnc4)cc3C(F)(F)F)nc2)c1. The van der Waals surface area contributed by atoms with Gasteiger partial charge in [-0.2, -0.15) is 18.3 Å². The molecule has 0 fully saturated rings. The zero-order chi connectivity index (χ0) is 27.8. The maximum absolute atomic E-state index is 13.7. The standard InChI is InChI=1S/C29H24F3N5O2/c1-3-4-5-8-20(2)19-39-24-11-6-9-21(15-24)28(38)35-23-12-13-27(34-18-23)37-26(29(30,31)32)16-25(36-37)22-10-7-14-33-17-22/h3-18H,2,19H2,1H3,(H,35,38)/b4-3-,8-5-. The Hall–Kier alpha value is -4.99. The maximum atomic E-state index is 13.7. The van der Waals surface area contributed by atoms with Crippen LogP contribution in [-0.4, -0.2) is 32.3 Å². The van der Waals surface area contributed by atoms with E-state index in [2.05, 4.69) is 27.0 Å². The smallest absolute Gasteiger partial charge is 0.433 e. The summed E-state index contributed by atoms with van der Waals surface area (Å²) in [5.74, 6) is -0.00945. The number of halogens is 3. The molecule has 0 bridgehead atoms. The molecule has 0 aliphatic heterocycles. The van der Waals surface area contributed by atoms with Crippen LogP contribution in [0.2, 0.25) is 0 Å². The zero-order valence-corrected chi connectivity index (χ0v) is 20.9. The van der Waals surface area contributed by atoms with E-state index in [1.165, 1.54) is 30.7 Å². The van der Waals surface area contributed by atoms with Crippen molar-refractivity contribution in [1.29, 1.82) is 0 Å². The molecule has 0 atom stereocenters. The number of allylic oxidation sites excluding steroid dienone is 3. The number of amides is 1. The topological polar surface area (TPSA) is 81.9 Å². The Morgan fingerprint density at radius 1 is 1.10 bits per heavy atom. The highest BCUT2D eigenvalue weighted by Crippen LogP contribution is 2.33. The van der Waals surface area contributed by atoms with Gasteiger partial charge in [-0.3, -0.25) is 9.78 Å². The number of rotatable bonds is 9.